The Morgan fingerprint density at radius 2 is 1.81 bits per heavy atom. The maximum absolute atomic E-state index is 12.1. The highest BCUT2D eigenvalue weighted by atomic mass is 127. The van der Waals surface area contributed by atoms with Crippen LogP contribution in [0.3, 0.4) is 0 Å². The summed E-state index contributed by atoms with van der Waals surface area (Å²) in [6.07, 6.45) is 1.53. The lowest BCUT2D eigenvalue weighted by Gasteiger charge is -2.03. The van der Waals surface area contributed by atoms with Crippen molar-refractivity contribution in [3.8, 4) is 5.75 Å². The molecule has 0 atom stereocenters. The average molecular weight is 476 g/mol. The van der Waals surface area contributed by atoms with Crippen molar-refractivity contribution in [2.75, 3.05) is 0 Å². The van der Waals surface area contributed by atoms with Crippen molar-refractivity contribution >= 4 is 52.0 Å². The summed E-state index contributed by atoms with van der Waals surface area (Å²) in [5, 5.41) is 5.78. The predicted molar refractivity (Wildman–Crippen MR) is 110 cm³/mol. The Labute approximate surface area is 167 Å². The van der Waals surface area contributed by atoms with Gasteiger partial charge >= 0.3 is 5.97 Å². The number of benzene rings is 2. The predicted octanol–water partition coefficient (Wildman–Crippen LogP) is 4.34. The smallest absolute Gasteiger partial charge is 0.353 e. The third-order valence-electron chi connectivity index (χ3n) is 3.31. The van der Waals surface area contributed by atoms with Crippen molar-refractivity contribution in [1.29, 1.82) is 0 Å². The van der Waals surface area contributed by atoms with Gasteiger partial charge in [0.25, 0.3) is 5.91 Å². The van der Waals surface area contributed by atoms with Gasteiger partial charge in [0.05, 0.1) is 11.8 Å². The van der Waals surface area contributed by atoms with Crippen LogP contribution in [0.1, 0.15) is 25.6 Å². The molecule has 130 valence electrons. The molecular weight excluding hydrogens is 463 g/mol. The van der Waals surface area contributed by atoms with Crippen LogP contribution in [0.2, 0.25) is 0 Å². The molecule has 0 bridgehead atoms. The van der Waals surface area contributed by atoms with E-state index in [2.05, 4.69) is 33.1 Å². The fourth-order valence-electron chi connectivity index (χ4n) is 2.04. The number of esters is 1. The lowest BCUT2D eigenvalue weighted by Crippen LogP contribution is -2.18. The van der Waals surface area contributed by atoms with Gasteiger partial charge in [0.1, 0.15) is 10.6 Å². The first-order valence-corrected chi connectivity index (χ1v) is 9.53. The van der Waals surface area contributed by atoms with Crippen molar-refractivity contribution < 1.29 is 14.3 Å². The molecule has 0 fully saturated rings. The first kappa shape index (κ1) is 18.3. The average Bonchev–Trinajstić information content (AvgIpc) is 3.18. The number of nitrogens with one attached hydrogen (secondary N) is 1. The lowest BCUT2D eigenvalue weighted by atomic mass is 10.2. The van der Waals surface area contributed by atoms with Crippen LogP contribution in [0.15, 0.2) is 71.1 Å². The second-order valence-electron chi connectivity index (χ2n) is 5.11. The van der Waals surface area contributed by atoms with Gasteiger partial charge in [-0.1, -0.05) is 18.2 Å². The Morgan fingerprint density at radius 1 is 1.04 bits per heavy atom. The maximum atomic E-state index is 12.1. The largest absolute Gasteiger partial charge is 0.422 e. The number of rotatable bonds is 5. The minimum atomic E-state index is -0.383. The number of carbonyl (C=O) groups excluding carboxylic acids is 2. The molecule has 3 rings (SSSR count). The molecule has 0 saturated heterocycles. The molecule has 1 amide bonds. The standard InChI is InChI=1S/C19H13IN2O3S/c20-16-5-2-1-4-15(16)18(23)22-21-12-13-7-9-14(10-8-13)25-19(24)17-6-3-11-26-17/h1-12H,(H,22,23)/b21-12-. The number of hydrogen-bond acceptors (Lipinski definition) is 5. The number of thiophene rings is 1. The minimum Gasteiger partial charge on any atom is -0.422 e. The summed E-state index contributed by atoms with van der Waals surface area (Å²) >= 11 is 3.43. The number of nitrogens with zero attached hydrogens (tertiary/aromatic N) is 1. The van der Waals surface area contributed by atoms with Crippen LogP contribution < -0.4 is 10.2 Å². The van der Waals surface area contributed by atoms with Crippen molar-refractivity contribution in [1.82, 2.24) is 5.43 Å². The van der Waals surface area contributed by atoms with Crippen molar-refractivity contribution in [2.45, 2.75) is 0 Å². The molecule has 0 radical (unpaired) electrons. The molecule has 0 saturated carbocycles. The van der Waals surface area contributed by atoms with Crippen LogP contribution in [0.4, 0.5) is 0 Å². The Hall–Kier alpha value is -2.52. The van der Waals surface area contributed by atoms with Crippen LogP contribution in [0, 0.1) is 3.57 Å². The van der Waals surface area contributed by atoms with Crippen LogP contribution in [-0.4, -0.2) is 18.1 Å². The zero-order valence-corrected chi connectivity index (χ0v) is 16.4. The molecule has 1 aromatic heterocycles. The highest BCUT2D eigenvalue weighted by molar-refractivity contribution is 14.1. The number of ether oxygens (including phenoxy) is 1. The van der Waals surface area contributed by atoms with Gasteiger partial charge in [-0.2, -0.15) is 5.10 Å². The van der Waals surface area contributed by atoms with Crippen molar-refractivity contribution in [3.63, 3.8) is 0 Å². The topological polar surface area (TPSA) is 67.8 Å². The van der Waals surface area contributed by atoms with Gasteiger partial charge in [-0.05, 0) is 76.0 Å². The molecule has 26 heavy (non-hydrogen) atoms. The maximum Gasteiger partial charge on any atom is 0.353 e. The molecule has 0 aliphatic heterocycles. The van der Waals surface area contributed by atoms with Crippen LogP contribution in [-0.2, 0) is 0 Å². The van der Waals surface area contributed by atoms with E-state index in [-0.39, 0.29) is 11.9 Å². The quantitative estimate of drug-likeness (QED) is 0.196. The zero-order valence-electron chi connectivity index (χ0n) is 13.4. The first-order valence-electron chi connectivity index (χ1n) is 7.57. The van der Waals surface area contributed by atoms with E-state index in [0.717, 1.165) is 9.13 Å². The molecule has 2 aromatic carbocycles. The molecule has 0 aliphatic carbocycles. The number of carbonyl (C=O) groups is 2. The molecule has 5 nitrogen and oxygen atoms in total. The minimum absolute atomic E-state index is 0.271. The molecule has 1 heterocycles. The Morgan fingerprint density at radius 3 is 2.50 bits per heavy atom. The summed E-state index contributed by atoms with van der Waals surface area (Å²) in [6.45, 7) is 0. The molecular formula is C19H13IN2O3S. The first-order chi connectivity index (χ1) is 12.6. The van der Waals surface area contributed by atoms with Gasteiger partial charge in [0.15, 0.2) is 0 Å². The number of halogens is 1. The molecule has 1 N–H and O–H groups in total. The van der Waals surface area contributed by atoms with E-state index in [1.165, 1.54) is 17.6 Å². The van der Waals surface area contributed by atoms with Gasteiger partial charge in [0.2, 0.25) is 0 Å². The van der Waals surface area contributed by atoms with Crippen molar-refractivity contribution in [2.24, 2.45) is 5.10 Å². The SMILES string of the molecule is O=C(Oc1ccc(/C=N\NC(=O)c2ccccc2I)cc1)c1cccs1. The van der Waals surface area contributed by atoms with E-state index in [1.54, 1.807) is 48.5 Å². The number of hydrazone groups is 1. The summed E-state index contributed by atoms with van der Waals surface area (Å²) < 4.78 is 6.14. The van der Waals surface area contributed by atoms with Gasteiger partial charge in [0, 0.05) is 3.57 Å². The van der Waals surface area contributed by atoms with Gasteiger partial charge < -0.3 is 4.74 Å². The lowest BCUT2D eigenvalue weighted by molar-refractivity contribution is 0.0739. The van der Waals surface area contributed by atoms with E-state index >= 15 is 0 Å². The zero-order chi connectivity index (χ0) is 18.4. The molecule has 0 unspecified atom stereocenters. The summed E-state index contributed by atoms with van der Waals surface area (Å²) in [7, 11) is 0. The van der Waals surface area contributed by atoms with E-state index in [4.69, 9.17) is 4.74 Å². The highest BCUT2D eigenvalue weighted by Gasteiger charge is 2.09. The third kappa shape index (κ3) is 4.77. The summed E-state index contributed by atoms with van der Waals surface area (Å²) in [6, 6.07) is 17.6. The third-order valence-corrected chi connectivity index (χ3v) is 5.10. The fourth-order valence-corrected chi connectivity index (χ4v) is 3.28. The van der Waals surface area contributed by atoms with Gasteiger partial charge in [-0.3, -0.25) is 4.79 Å². The van der Waals surface area contributed by atoms with E-state index in [0.29, 0.717) is 16.2 Å². The molecule has 0 aliphatic rings. The second kappa shape index (κ2) is 8.72. The Bertz CT molecular complexity index is 938. The normalized spacial score (nSPS) is 10.7. The summed E-state index contributed by atoms with van der Waals surface area (Å²) in [4.78, 5) is 24.5. The monoisotopic (exact) mass is 476 g/mol. The Balaban J connectivity index is 1.57. The molecule has 7 heteroatoms. The number of hydrogen-bond donors (Lipinski definition) is 1. The van der Waals surface area contributed by atoms with Gasteiger partial charge in [-0.15, -0.1) is 11.3 Å². The van der Waals surface area contributed by atoms with Crippen LogP contribution in [0.25, 0.3) is 0 Å². The van der Waals surface area contributed by atoms with Crippen molar-refractivity contribution in [3.05, 3.63) is 85.6 Å². The molecule has 0 spiro atoms. The fraction of sp³-hybridized carbons (Fsp3) is 0. The van der Waals surface area contributed by atoms with Crippen LogP contribution >= 0.6 is 33.9 Å². The molecule has 3 aromatic rings. The highest BCUT2D eigenvalue weighted by Crippen LogP contribution is 2.16. The summed E-state index contributed by atoms with van der Waals surface area (Å²) in [5.41, 5.74) is 3.83. The van der Waals surface area contributed by atoms with Gasteiger partial charge in [-0.25, -0.2) is 10.2 Å². The van der Waals surface area contributed by atoms with E-state index in [9.17, 15) is 9.59 Å². The van der Waals surface area contributed by atoms with E-state index < -0.39 is 0 Å². The number of amides is 1. The summed E-state index contributed by atoms with van der Waals surface area (Å²) in [5.74, 6) is -0.206. The Kier molecular flexibility index (Phi) is 6.13. The van der Waals surface area contributed by atoms with Crippen LogP contribution in [0.5, 0.6) is 5.75 Å². The second-order valence-corrected chi connectivity index (χ2v) is 7.22. The van der Waals surface area contributed by atoms with E-state index in [1.807, 2.05) is 17.5 Å².